The number of carbonyl (C=O) groups excluding carboxylic acids is 1. The van der Waals surface area contributed by atoms with Crippen LogP contribution in [0.15, 0.2) is 0 Å². The number of aliphatic hydroxyl groups excluding tert-OH is 1. The number of likely N-dealkylation sites (tertiary alicyclic amines) is 2. The highest BCUT2D eigenvalue weighted by Crippen LogP contribution is 2.50. The van der Waals surface area contributed by atoms with Crippen LogP contribution in [0.25, 0.3) is 0 Å². The molecule has 0 bridgehead atoms. The van der Waals surface area contributed by atoms with Crippen LogP contribution in [0.3, 0.4) is 0 Å². The summed E-state index contributed by atoms with van der Waals surface area (Å²) in [5.74, 6) is 0.311. The number of hydrogen-bond donors (Lipinski definition) is 1. The summed E-state index contributed by atoms with van der Waals surface area (Å²) in [6.07, 6.45) is 5.74. The Hall–Kier alpha value is -0.650. The van der Waals surface area contributed by atoms with Crippen molar-refractivity contribution in [2.24, 2.45) is 5.41 Å². The van der Waals surface area contributed by atoms with Crippen molar-refractivity contribution >= 4 is 5.91 Å². The molecule has 0 aromatic carbocycles. The number of amides is 1. The molecule has 1 spiro atoms. The van der Waals surface area contributed by atoms with Crippen molar-refractivity contribution in [1.82, 2.24) is 9.80 Å². The van der Waals surface area contributed by atoms with Gasteiger partial charge in [-0.05, 0) is 52.6 Å². The van der Waals surface area contributed by atoms with Gasteiger partial charge < -0.3 is 19.6 Å². The second-order valence-electron chi connectivity index (χ2n) is 7.60. The molecule has 1 N–H and O–H groups in total. The van der Waals surface area contributed by atoms with E-state index in [4.69, 9.17) is 4.74 Å². The summed E-state index contributed by atoms with van der Waals surface area (Å²) < 4.78 is 5.81. The lowest BCUT2D eigenvalue weighted by Gasteiger charge is -2.56. The average molecular weight is 324 g/mol. The van der Waals surface area contributed by atoms with Crippen molar-refractivity contribution in [2.45, 2.75) is 70.6 Å². The third kappa shape index (κ3) is 3.28. The van der Waals surface area contributed by atoms with Crippen molar-refractivity contribution in [1.29, 1.82) is 0 Å². The lowest BCUT2D eigenvalue weighted by atomic mass is 9.58. The van der Waals surface area contributed by atoms with Crippen LogP contribution in [0.5, 0.6) is 0 Å². The van der Waals surface area contributed by atoms with E-state index in [2.05, 4.69) is 11.8 Å². The monoisotopic (exact) mass is 324 g/mol. The van der Waals surface area contributed by atoms with Crippen molar-refractivity contribution in [3.63, 3.8) is 0 Å². The molecule has 1 saturated carbocycles. The summed E-state index contributed by atoms with van der Waals surface area (Å²) in [6.45, 7) is 8.65. The Balaban J connectivity index is 1.43. The molecular formula is C18H32N2O3. The molecule has 0 aromatic rings. The van der Waals surface area contributed by atoms with Crippen LogP contribution in [-0.2, 0) is 9.53 Å². The minimum absolute atomic E-state index is 0.0139. The van der Waals surface area contributed by atoms with E-state index in [-0.39, 0.29) is 17.6 Å². The Labute approximate surface area is 140 Å². The standard InChI is InChI=1S/C18H32N2O3/c1-3-23-16-13-15(21)18(16)7-11-19(12-8-18)10-6-17(22)20-9-4-5-14(20)2/h14-16,21H,3-13H2,1-2H3. The Morgan fingerprint density at radius 3 is 2.61 bits per heavy atom. The van der Waals surface area contributed by atoms with E-state index in [0.29, 0.717) is 18.4 Å². The van der Waals surface area contributed by atoms with Crippen LogP contribution in [0.1, 0.15) is 52.4 Å². The fourth-order valence-electron chi connectivity index (χ4n) is 4.71. The van der Waals surface area contributed by atoms with E-state index in [9.17, 15) is 9.90 Å². The maximum absolute atomic E-state index is 12.3. The van der Waals surface area contributed by atoms with Gasteiger partial charge in [-0.25, -0.2) is 0 Å². The smallest absolute Gasteiger partial charge is 0.224 e. The summed E-state index contributed by atoms with van der Waals surface area (Å²) in [5.41, 5.74) is -0.0139. The van der Waals surface area contributed by atoms with Gasteiger partial charge in [0.25, 0.3) is 0 Å². The second kappa shape index (κ2) is 7.08. The number of carbonyl (C=O) groups is 1. The van der Waals surface area contributed by atoms with Crippen LogP contribution in [0.4, 0.5) is 0 Å². The van der Waals surface area contributed by atoms with E-state index in [0.717, 1.165) is 64.9 Å². The van der Waals surface area contributed by atoms with Crippen LogP contribution >= 0.6 is 0 Å². The molecule has 2 saturated heterocycles. The van der Waals surface area contributed by atoms with Gasteiger partial charge in [-0.15, -0.1) is 0 Å². The minimum atomic E-state index is -0.201. The van der Waals surface area contributed by atoms with Gasteiger partial charge in [-0.3, -0.25) is 4.79 Å². The third-order valence-electron chi connectivity index (χ3n) is 6.41. The van der Waals surface area contributed by atoms with Crippen molar-refractivity contribution in [3.05, 3.63) is 0 Å². The molecule has 5 heteroatoms. The summed E-state index contributed by atoms with van der Waals surface area (Å²) in [6, 6.07) is 0.421. The SMILES string of the molecule is CCOC1CC(O)C12CCN(CCC(=O)N1CCCC1C)CC2. The van der Waals surface area contributed by atoms with Gasteiger partial charge in [0.05, 0.1) is 12.2 Å². The number of nitrogens with zero attached hydrogens (tertiary/aromatic N) is 2. The number of piperidine rings is 1. The van der Waals surface area contributed by atoms with Gasteiger partial charge >= 0.3 is 0 Å². The van der Waals surface area contributed by atoms with Crippen LogP contribution in [0, 0.1) is 5.41 Å². The van der Waals surface area contributed by atoms with E-state index in [1.54, 1.807) is 0 Å². The molecule has 3 unspecified atom stereocenters. The average Bonchev–Trinajstić information content (AvgIpc) is 2.99. The highest BCUT2D eigenvalue weighted by Gasteiger charge is 2.55. The van der Waals surface area contributed by atoms with Gasteiger partial charge in [0.15, 0.2) is 0 Å². The van der Waals surface area contributed by atoms with Gasteiger partial charge in [-0.1, -0.05) is 0 Å². The maximum Gasteiger partial charge on any atom is 0.224 e. The van der Waals surface area contributed by atoms with Gasteiger partial charge in [0, 0.05) is 44.0 Å². The molecule has 5 nitrogen and oxygen atoms in total. The van der Waals surface area contributed by atoms with Crippen LogP contribution < -0.4 is 0 Å². The first-order valence-corrected chi connectivity index (χ1v) is 9.38. The first-order valence-electron chi connectivity index (χ1n) is 9.38. The van der Waals surface area contributed by atoms with Crippen LogP contribution in [0.2, 0.25) is 0 Å². The largest absolute Gasteiger partial charge is 0.392 e. The number of rotatable bonds is 5. The summed E-state index contributed by atoms with van der Waals surface area (Å²) in [5, 5.41) is 10.2. The molecule has 132 valence electrons. The first-order chi connectivity index (χ1) is 11.1. The molecule has 23 heavy (non-hydrogen) atoms. The molecule has 1 aliphatic carbocycles. The van der Waals surface area contributed by atoms with Crippen molar-refractivity contribution in [2.75, 3.05) is 32.8 Å². The lowest BCUT2D eigenvalue weighted by molar-refractivity contribution is -0.209. The quantitative estimate of drug-likeness (QED) is 0.835. The molecule has 1 amide bonds. The Bertz CT molecular complexity index is 418. The van der Waals surface area contributed by atoms with Crippen LogP contribution in [-0.4, -0.2) is 71.8 Å². The zero-order valence-corrected chi connectivity index (χ0v) is 14.7. The molecule has 3 fully saturated rings. The third-order valence-corrected chi connectivity index (χ3v) is 6.41. The van der Waals surface area contributed by atoms with Gasteiger partial charge in [-0.2, -0.15) is 0 Å². The van der Waals surface area contributed by atoms with Crippen molar-refractivity contribution in [3.8, 4) is 0 Å². The summed E-state index contributed by atoms with van der Waals surface area (Å²) in [7, 11) is 0. The summed E-state index contributed by atoms with van der Waals surface area (Å²) in [4.78, 5) is 16.8. The molecule has 0 radical (unpaired) electrons. The van der Waals surface area contributed by atoms with E-state index >= 15 is 0 Å². The molecule has 2 aliphatic heterocycles. The molecule has 3 aliphatic rings. The Kier molecular flexibility index (Phi) is 5.29. The predicted octanol–water partition coefficient (Wildman–Crippen LogP) is 1.64. The van der Waals surface area contributed by atoms with E-state index < -0.39 is 0 Å². The normalized spacial score (nSPS) is 33.9. The fraction of sp³-hybridized carbons (Fsp3) is 0.944. The first kappa shape index (κ1) is 17.2. The highest BCUT2D eigenvalue weighted by molar-refractivity contribution is 5.77. The van der Waals surface area contributed by atoms with E-state index in [1.807, 2.05) is 11.8 Å². The topological polar surface area (TPSA) is 53.0 Å². The molecular weight excluding hydrogens is 292 g/mol. The lowest BCUT2D eigenvalue weighted by Crippen LogP contribution is -2.62. The Morgan fingerprint density at radius 1 is 1.30 bits per heavy atom. The fourth-order valence-corrected chi connectivity index (χ4v) is 4.71. The van der Waals surface area contributed by atoms with E-state index in [1.165, 1.54) is 0 Å². The number of aliphatic hydroxyl groups is 1. The van der Waals surface area contributed by atoms with Crippen molar-refractivity contribution < 1.29 is 14.6 Å². The predicted molar refractivity (Wildman–Crippen MR) is 89.2 cm³/mol. The maximum atomic E-state index is 12.3. The molecule has 2 heterocycles. The zero-order valence-electron chi connectivity index (χ0n) is 14.7. The molecule has 3 rings (SSSR count). The number of hydrogen-bond acceptors (Lipinski definition) is 4. The van der Waals surface area contributed by atoms with Gasteiger partial charge in [0.1, 0.15) is 0 Å². The van der Waals surface area contributed by atoms with Gasteiger partial charge in [0.2, 0.25) is 5.91 Å². The minimum Gasteiger partial charge on any atom is -0.392 e. The highest BCUT2D eigenvalue weighted by atomic mass is 16.5. The molecule has 0 aromatic heterocycles. The molecule has 3 atom stereocenters. The Morgan fingerprint density at radius 2 is 2.04 bits per heavy atom. The summed E-state index contributed by atoms with van der Waals surface area (Å²) >= 11 is 0. The zero-order chi connectivity index (χ0) is 16.4. The number of ether oxygens (including phenoxy) is 1. The second-order valence-corrected chi connectivity index (χ2v) is 7.60.